The summed E-state index contributed by atoms with van der Waals surface area (Å²) in [6.07, 6.45) is 1.06. The molecule has 188 valence electrons. The zero-order valence-electron chi connectivity index (χ0n) is 20.3. The molecule has 2 aromatic rings. The Labute approximate surface area is 203 Å². The Kier molecular flexibility index (Phi) is 6.37. The first kappa shape index (κ1) is 23.6. The highest BCUT2D eigenvalue weighted by atomic mass is 16.7. The number of fused-ring (bicyclic) bond motifs is 2. The number of hydrogen-bond acceptors (Lipinski definition) is 8. The lowest BCUT2D eigenvalue weighted by atomic mass is 10.0. The number of hydrogen-bond donors (Lipinski definition) is 0. The number of carbonyl (C=O) groups is 2. The molecule has 5 rings (SSSR count). The second-order valence-corrected chi connectivity index (χ2v) is 10.1. The zero-order chi connectivity index (χ0) is 24.6. The Morgan fingerprint density at radius 1 is 1.09 bits per heavy atom. The molecule has 3 aliphatic rings. The highest BCUT2D eigenvalue weighted by molar-refractivity contribution is 5.77. The van der Waals surface area contributed by atoms with Crippen LogP contribution in [0.1, 0.15) is 57.0 Å². The molecule has 11 nitrogen and oxygen atoms in total. The lowest BCUT2D eigenvalue weighted by Gasteiger charge is -2.39. The molecule has 0 radical (unpaired) electrons. The van der Waals surface area contributed by atoms with Crippen LogP contribution in [0.5, 0.6) is 0 Å². The maximum atomic E-state index is 13.0. The minimum Gasteiger partial charge on any atom is -0.444 e. The third-order valence-electron chi connectivity index (χ3n) is 6.25. The van der Waals surface area contributed by atoms with Gasteiger partial charge in [0.2, 0.25) is 11.8 Å². The summed E-state index contributed by atoms with van der Waals surface area (Å²) in [5.74, 6) is 0.756. The number of benzene rings is 1. The van der Waals surface area contributed by atoms with E-state index in [0.717, 1.165) is 18.4 Å². The summed E-state index contributed by atoms with van der Waals surface area (Å²) >= 11 is 0. The van der Waals surface area contributed by atoms with E-state index in [0.29, 0.717) is 38.0 Å². The Hall–Kier alpha value is -3.18. The molecular weight excluding hydrogens is 454 g/mol. The molecule has 3 amide bonds. The molecule has 1 aromatic heterocycles. The van der Waals surface area contributed by atoms with Crippen LogP contribution in [0.15, 0.2) is 34.7 Å². The number of rotatable bonds is 7. The summed E-state index contributed by atoms with van der Waals surface area (Å²) in [5, 5.41) is 9.76. The normalized spacial score (nSPS) is 22.5. The summed E-state index contributed by atoms with van der Waals surface area (Å²) in [6, 6.07) is 9.33. The van der Waals surface area contributed by atoms with Crippen LogP contribution in [-0.4, -0.2) is 74.6 Å². The summed E-state index contributed by atoms with van der Waals surface area (Å²) in [6.45, 7) is 7.48. The van der Waals surface area contributed by atoms with Gasteiger partial charge < -0.3 is 23.7 Å². The number of aromatic nitrogens is 2. The predicted octanol–water partition coefficient (Wildman–Crippen LogP) is 3.28. The molecule has 3 aliphatic heterocycles. The second kappa shape index (κ2) is 9.46. The van der Waals surface area contributed by atoms with Gasteiger partial charge in [-0.15, -0.1) is 10.2 Å². The van der Waals surface area contributed by atoms with E-state index in [4.69, 9.17) is 18.7 Å². The fraction of sp³-hybridized carbons (Fsp3) is 0.583. The van der Waals surface area contributed by atoms with E-state index in [2.05, 4.69) is 10.2 Å². The van der Waals surface area contributed by atoms with Crippen molar-refractivity contribution in [2.24, 2.45) is 0 Å². The third-order valence-corrected chi connectivity index (χ3v) is 6.25. The minimum absolute atomic E-state index is 0.0136. The second-order valence-electron chi connectivity index (χ2n) is 10.1. The minimum atomic E-state index is -0.524. The van der Waals surface area contributed by atoms with Crippen molar-refractivity contribution in [2.75, 3.05) is 19.6 Å². The molecule has 0 aliphatic carbocycles. The zero-order valence-corrected chi connectivity index (χ0v) is 20.3. The van der Waals surface area contributed by atoms with E-state index in [9.17, 15) is 9.59 Å². The van der Waals surface area contributed by atoms with E-state index < -0.39 is 5.60 Å². The molecule has 1 unspecified atom stereocenters. The molecule has 2 atom stereocenters. The van der Waals surface area contributed by atoms with Gasteiger partial charge in [0.25, 0.3) is 0 Å². The van der Waals surface area contributed by atoms with Gasteiger partial charge in [0, 0.05) is 6.54 Å². The smallest absolute Gasteiger partial charge is 0.410 e. The largest absolute Gasteiger partial charge is 0.444 e. The number of amides is 3. The van der Waals surface area contributed by atoms with Crippen LogP contribution in [0.3, 0.4) is 0 Å². The Morgan fingerprint density at radius 3 is 2.60 bits per heavy atom. The van der Waals surface area contributed by atoms with Gasteiger partial charge in [0.05, 0.1) is 25.2 Å². The van der Waals surface area contributed by atoms with Crippen molar-refractivity contribution in [3.05, 3.63) is 47.7 Å². The van der Waals surface area contributed by atoms with Crippen molar-refractivity contribution in [1.82, 2.24) is 25.1 Å². The molecule has 3 fully saturated rings. The quantitative estimate of drug-likeness (QED) is 0.588. The maximum Gasteiger partial charge on any atom is 0.410 e. The number of carbonyl (C=O) groups excluding carboxylic acids is 2. The fourth-order valence-corrected chi connectivity index (χ4v) is 4.44. The summed E-state index contributed by atoms with van der Waals surface area (Å²) in [4.78, 5) is 34.2. The first-order chi connectivity index (χ1) is 16.8. The van der Waals surface area contributed by atoms with Gasteiger partial charge in [-0.05, 0) is 39.2 Å². The van der Waals surface area contributed by atoms with E-state index in [1.807, 2.05) is 51.1 Å². The van der Waals surface area contributed by atoms with Crippen LogP contribution in [-0.2, 0) is 27.5 Å². The van der Waals surface area contributed by atoms with Crippen LogP contribution < -0.4 is 0 Å². The first-order valence-corrected chi connectivity index (χ1v) is 12.0. The predicted molar refractivity (Wildman–Crippen MR) is 122 cm³/mol. The molecule has 4 heterocycles. The molecule has 35 heavy (non-hydrogen) atoms. The maximum absolute atomic E-state index is 13.0. The molecule has 11 heteroatoms. The standard InChI is InChI=1S/C24H31N5O6/c1-24(2,3)35-23(31)27-12-18(13-27)32-15-20-25-26-21(34-20)19-10-9-17-11-28(19)22(30)29(17)33-14-16-7-5-4-6-8-16/h4-8,17-19H,9-15H2,1-3H3/t17?,19-/m0/s1. The average molecular weight is 486 g/mol. The molecule has 0 saturated carbocycles. The molecule has 3 saturated heterocycles. The van der Waals surface area contributed by atoms with Crippen molar-refractivity contribution in [3.63, 3.8) is 0 Å². The van der Waals surface area contributed by atoms with Gasteiger partial charge in [-0.2, -0.15) is 5.06 Å². The lowest BCUT2D eigenvalue weighted by molar-refractivity contribution is -0.140. The van der Waals surface area contributed by atoms with Gasteiger partial charge >= 0.3 is 12.1 Å². The highest BCUT2D eigenvalue weighted by Crippen LogP contribution is 2.38. The average Bonchev–Trinajstić information content (AvgIpc) is 3.34. The van der Waals surface area contributed by atoms with Crippen LogP contribution in [0.25, 0.3) is 0 Å². The monoisotopic (exact) mass is 485 g/mol. The Morgan fingerprint density at radius 2 is 1.86 bits per heavy atom. The van der Waals surface area contributed by atoms with Gasteiger partial charge in [-0.1, -0.05) is 30.3 Å². The summed E-state index contributed by atoms with van der Waals surface area (Å²) in [7, 11) is 0. The Bertz CT molecular complexity index is 1050. The fourth-order valence-electron chi connectivity index (χ4n) is 4.44. The highest BCUT2D eigenvalue weighted by Gasteiger charge is 2.47. The van der Waals surface area contributed by atoms with Crippen molar-refractivity contribution in [1.29, 1.82) is 0 Å². The van der Waals surface area contributed by atoms with E-state index in [1.54, 1.807) is 9.80 Å². The van der Waals surface area contributed by atoms with Gasteiger partial charge in [0.15, 0.2) is 0 Å². The van der Waals surface area contributed by atoms with Crippen LogP contribution in [0.4, 0.5) is 9.59 Å². The number of nitrogens with zero attached hydrogens (tertiary/aromatic N) is 5. The topological polar surface area (TPSA) is 110 Å². The van der Waals surface area contributed by atoms with E-state index >= 15 is 0 Å². The summed E-state index contributed by atoms with van der Waals surface area (Å²) in [5.41, 5.74) is 0.486. The molecule has 1 aromatic carbocycles. The van der Waals surface area contributed by atoms with Crippen molar-refractivity contribution in [3.8, 4) is 0 Å². The van der Waals surface area contributed by atoms with Crippen molar-refractivity contribution >= 4 is 12.1 Å². The van der Waals surface area contributed by atoms with Crippen LogP contribution in [0.2, 0.25) is 0 Å². The number of piperidine rings is 1. The van der Waals surface area contributed by atoms with Crippen LogP contribution >= 0.6 is 0 Å². The summed E-state index contributed by atoms with van der Waals surface area (Å²) < 4.78 is 17.0. The number of ether oxygens (including phenoxy) is 2. The lowest BCUT2D eigenvalue weighted by Crippen LogP contribution is -2.55. The SMILES string of the molecule is CC(C)(C)OC(=O)N1CC(OCc2nnc([C@@H]3CCC4CN3C(=O)N4OCc3ccccc3)o2)C1. The van der Waals surface area contributed by atoms with Crippen molar-refractivity contribution in [2.45, 2.75) is 70.6 Å². The Balaban J connectivity index is 1.10. The third kappa shape index (κ3) is 5.25. The van der Waals surface area contributed by atoms with Crippen LogP contribution in [0, 0.1) is 0 Å². The van der Waals surface area contributed by atoms with Gasteiger partial charge in [0.1, 0.15) is 24.9 Å². The number of hydroxylamine groups is 2. The number of likely N-dealkylation sites (tertiary alicyclic amines) is 1. The van der Waals surface area contributed by atoms with Crippen molar-refractivity contribution < 1.29 is 28.3 Å². The molecule has 0 spiro atoms. The van der Waals surface area contributed by atoms with Gasteiger partial charge in [-0.25, -0.2) is 9.59 Å². The van der Waals surface area contributed by atoms with Gasteiger partial charge in [-0.3, -0.25) is 4.84 Å². The molecule has 2 bridgehead atoms. The van der Waals surface area contributed by atoms with E-state index in [-0.39, 0.29) is 36.9 Å². The molecule has 0 N–H and O–H groups in total. The molecular formula is C24H31N5O6. The van der Waals surface area contributed by atoms with E-state index in [1.165, 1.54) is 5.06 Å². The first-order valence-electron chi connectivity index (χ1n) is 12.0. The number of urea groups is 1.